The SMILES string of the molecule is NCCn1nnnc1-c1ccc(Cl)cc1. The normalized spacial score (nSPS) is 10.5. The van der Waals surface area contributed by atoms with Crippen molar-refractivity contribution < 1.29 is 0 Å². The standard InChI is InChI=1S/C9H10ClN5/c10-8-3-1-7(2-4-8)9-12-13-14-15(9)6-5-11/h1-4H,5-6,11H2. The van der Waals surface area contributed by atoms with Gasteiger partial charge < -0.3 is 5.73 Å². The van der Waals surface area contributed by atoms with E-state index in [0.29, 0.717) is 23.9 Å². The van der Waals surface area contributed by atoms with E-state index < -0.39 is 0 Å². The summed E-state index contributed by atoms with van der Waals surface area (Å²) in [5.74, 6) is 0.706. The van der Waals surface area contributed by atoms with Crippen molar-refractivity contribution in [2.45, 2.75) is 6.54 Å². The van der Waals surface area contributed by atoms with Gasteiger partial charge in [-0.1, -0.05) is 11.6 Å². The maximum absolute atomic E-state index is 5.80. The predicted octanol–water partition coefficient (Wildman–Crippen LogP) is 0.952. The Morgan fingerprint density at radius 2 is 2.00 bits per heavy atom. The number of nitrogens with two attached hydrogens (primary N) is 1. The molecule has 0 saturated heterocycles. The lowest BCUT2D eigenvalue weighted by Gasteiger charge is -2.02. The Labute approximate surface area is 91.8 Å². The maximum Gasteiger partial charge on any atom is 0.182 e. The third kappa shape index (κ3) is 2.14. The number of nitrogens with zero attached hydrogens (tertiary/aromatic N) is 4. The quantitative estimate of drug-likeness (QED) is 0.841. The summed E-state index contributed by atoms with van der Waals surface area (Å²) in [5, 5.41) is 12.1. The molecule has 0 aliphatic rings. The van der Waals surface area contributed by atoms with E-state index in [-0.39, 0.29) is 0 Å². The lowest BCUT2D eigenvalue weighted by atomic mass is 10.2. The highest BCUT2D eigenvalue weighted by molar-refractivity contribution is 6.30. The number of halogens is 1. The Balaban J connectivity index is 2.36. The maximum atomic E-state index is 5.80. The van der Waals surface area contributed by atoms with E-state index in [4.69, 9.17) is 17.3 Å². The molecule has 0 spiro atoms. The zero-order chi connectivity index (χ0) is 10.7. The average molecular weight is 224 g/mol. The van der Waals surface area contributed by atoms with Gasteiger partial charge in [0.25, 0.3) is 0 Å². The molecule has 0 bridgehead atoms. The molecule has 1 aromatic carbocycles. The highest BCUT2D eigenvalue weighted by Gasteiger charge is 2.07. The third-order valence-electron chi connectivity index (χ3n) is 1.98. The fraction of sp³-hybridized carbons (Fsp3) is 0.222. The van der Waals surface area contributed by atoms with Crippen LogP contribution in [0.5, 0.6) is 0 Å². The van der Waals surface area contributed by atoms with Crippen molar-refractivity contribution in [3.8, 4) is 11.4 Å². The topological polar surface area (TPSA) is 69.6 Å². The molecule has 0 atom stereocenters. The van der Waals surface area contributed by atoms with Crippen LogP contribution in [-0.2, 0) is 6.54 Å². The summed E-state index contributed by atoms with van der Waals surface area (Å²) >= 11 is 5.80. The fourth-order valence-corrected chi connectivity index (χ4v) is 1.41. The molecule has 78 valence electrons. The molecule has 0 unspecified atom stereocenters. The van der Waals surface area contributed by atoms with Crippen LogP contribution < -0.4 is 5.73 Å². The van der Waals surface area contributed by atoms with Crippen LogP contribution >= 0.6 is 11.6 Å². The lowest BCUT2D eigenvalue weighted by molar-refractivity contribution is 0.603. The molecule has 15 heavy (non-hydrogen) atoms. The van der Waals surface area contributed by atoms with Gasteiger partial charge in [-0.25, -0.2) is 4.68 Å². The van der Waals surface area contributed by atoms with E-state index in [1.54, 1.807) is 16.8 Å². The molecule has 2 N–H and O–H groups in total. The van der Waals surface area contributed by atoms with E-state index in [0.717, 1.165) is 5.56 Å². The molecular weight excluding hydrogens is 214 g/mol. The first-order valence-electron chi connectivity index (χ1n) is 4.53. The lowest BCUT2D eigenvalue weighted by Crippen LogP contribution is -2.12. The van der Waals surface area contributed by atoms with Gasteiger partial charge in [-0.05, 0) is 34.7 Å². The second-order valence-corrected chi connectivity index (χ2v) is 3.46. The van der Waals surface area contributed by atoms with Gasteiger partial charge in [0.15, 0.2) is 5.82 Å². The minimum atomic E-state index is 0.506. The van der Waals surface area contributed by atoms with Crippen LogP contribution in [0.15, 0.2) is 24.3 Å². The second-order valence-electron chi connectivity index (χ2n) is 3.02. The minimum Gasteiger partial charge on any atom is -0.329 e. The van der Waals surface area contributed by atoms with Crippen LogP contribution in [0.3, 0.4) is 0 Å². The molecule has 1 heterocycles. The van der Waals surface area contributed by atoms with Crippen LogP contribution in [0.2, 0.25) is 5.02 Å². The summed E-state index contributed by atoms with van der Waals surface area (Å²) < 4.78 is 1.67. The Morgan fingerprint density at radius 1 is 1.27 bits per heavy atom. The van der Waals surface area contributed by atoms with Crippen molar-refractivity contribution in [3.63, 3.8) is 0 Å². The van der Waals surface area contributed by atoms with Gasteiger partial charge in [-0.2, -0.15) is 0 Å². The van der Waals surface area contributed by atoms with E-state index in [9.17, 15) is 0 Å². The number of tetrazole rings is 1. The van der Waals surface area contributed by atoms with Gasteiger partial charge in [-0.15, -0.1) is 5.10 Å². The van der Waals surface area contributed by atoms with Gasteiger partial charge in [0, 0.05) is 17.1 Å². The first-order chi connectivity index (χ1) is 7.31. The zero-order valence-electron chi connectivity index (χ0n) is 7.97. The molecule has 0 amide bonds. The van der Waals surface area contributed by atoms with Crippen molar-refractivity contribution in [1.29, 1.82) is 0 Å². The molecule has 2 aromatic rings. The molecule has 6 heteroatoms. The van der Waals surface area contributed by atoms with E-state index >= 15 is 0 Å². The van der Waals surface area contributed by atoms with Crippen LogP contribution in [0.4, 0.5) is 0 Å². The number of hydrogen-bond acceptors (Lipinski definition) is 4. The summed E-state index contributed by atoms with van der Waals surface area (Å²) in [5.41, 5.74) is 6.38. The summed E-state index contributed by atoms with van der Waals surface area (Å²) in [6.07, 6.45) is 0. The summed E-state index contributed by atoms with van der Waals surface area (Å²) in [7, 11) is 0. The van der Waals surface area contributed by atoms with Gasteiger partial charge in [-0.3, -0.25) is 0 Å². The summed E-state index contributed by atoms with van der Waals surface area (Å²) in [4.78, 5) is 0. The van der Waals surface area contributed by atoms with Crippen molar-refractivity contribution in [1.82, 2.24) is 20.2 Å². The monoisotopic (exact) mass is 223 g/mol. The van der Waals surface area contributed by atoms with Crippen molar-refractivity contribution in [2.24, 2.45) is 5.73 Å². The largest absolute Gasteiger partial charge is 0.329 e. The van der Waals surface area contributed by atoms with Crippen LogP contribution in [0, 0.1) is 0 Å². The molecule has 0 radical (unpaired) electrons. The summed E-state index contributed by atoms with van der Waals surface area (Å²) in [6.45, 7) is 1.11. The minimum absolute atomic E-state index is 0.506. The van der Waals surface area contributed by atoms with E-state index in [1.807, 2.05) is 12.1 Å². The van der Waals surface area contributed by atoms with Crippen LogP contribution in [0.1, 0.15) is 0 Å². The van der Waals surface area contributed by atoms with Gasteiger partial charge in [0.05, 0.1) is 6.54 Å². The van der Waals surface area contributed by atoms with Gasteiger partial charge in [0.2, 0.25) is 0 Å². The molecule has 0 aliphatic carbocycles. The number of hydrogen-bond donors (Lipinski definition) is 1. The highest BCUT2D eigenvalue weighted by atomic mass is 35.5. The smallest absolute Gasteiger partial charge is 0.182 e. The molecule has 0 fully saturated rings. The Morgan fingerprint density at radius 3 is 2.67 bits per heavy atom. The molecule has 1 aromatic heterocycles. The Bertz CT molecular complexity index is 436. The van der Waals surface area contributed by atoms with Crippen molar-refractivity contribution >= 4 is 11.6 Å². The molecular formula is C9H10ClN5. The first-order valence-corrected chi connectivity index (χ1v) is 4.91. The number of benzene rings is 1. The highest BCUT2D eigenvalue weighted by Crippen LogP contribution is 2.18. The molecule has 5 nitrogen and oxygen atoms in total. The first kappa shape index (κ1) is 10.1. The zero-order valence-corrected chi connectivity index (χ0v) is 8.72. The third-order valence-corrected chi connectivity index (χ3v) is 2.23. The summed E-state index contributed by atoms with van der Waals surface area (Å²) in [6, 6.07) is 7.36. The molecule has 0 aliphatic heterocycles. The number of aromatic nitrogens is 4. The fourth-order valence-electron chi connectivity index (χ4n) is 1.28. The van der Waals surface area contributed by atoms with Gasteiger partial charge in [0.1, 0.15) is 0 Å². The van der Waals surface area contributed by atoms with Crippen LogP contribution in [-0.4, -0.2) is 26.8 Å². The van der Waals surface area contributed by atoms with Gasteiger partial charge >= 0.3 is 0 Å². The van der Waals surface area contributed by atoms with E-state index in [1.165, 1.54) is 0 Å². The second kappa shape index (κ2) is 4.37. The van der Waals surface area contributed by atoms with Crippen molar-refractivity contribution in [2.75, 3.05) is 6.54 Å². The molecule has 0 saturated carbocycles. The van der Waals surface area contributed by atoms with Crippen molar-refractivity contribution in [3.05, 3.63) is 29.3 Å². The number of rotatable bonds is 3. The molecule has 2 rings (SSSR count). The van der Waals surface area contributed by atoms with E-state index in [2.05, 4.69) is 15.5 Å². The Hall–Kier alpha value is -1.46. The Kier molecular flexibility index (Phi) is 2.94. The average Bonchev–Trinajstić information content (AvgIpc) is 2.68. The predicted molar refractivity (Wildman–Crippen MR) is 57.3 cm³/mol. The van der Waals surface area contributed by atoms with Crippen LogP contribution in [0.25, 0.3) is 11.4 Å².